The van der Waals surface area contributed by atoms with Crippen molar-refractivity contribution in [3.8, 4) is 10.7 Å². The molecule has 6 rings (SSSR count). The summed E-state index contributed by atoms with van der Waals surface area (Å²) in [6.45, 7) is 3.05. The van der Waals surface area contributed by atoms with Crippen LogP contribution in [0.1, 0.15) is 16.6 Å². The van der Waals surface area contributed by atoms with E-state index in [-0.39, 0.29) is 5.91 Å². The largest absolute Gasteiger partial charge is 0.341 e. The van der Waals surface area contributed by atoms with Crippen LogP contribution in [-0.4, -0.2) is 20.0 Å². The second-order valence-electron chi connectivity index (χ2n) is 8.09. The fourth-order valence-corrected chi connectivity index (χ4v) is 5.54. The lowest BCUT2D eigenvalue weighted by atomic mass is 10.1. The third kappa shape index (κ3) is 3.14. The molecule has 0 spiro atoms. The first-order valence-corrected chi connectivity index (χ1v) is 11.8. The van der Waals surface area contributed by atoms with Crippen molar-refractivity contribution in [1.29, 1.82) is 0 Å². The van der Waals surface area contributed by atoms with Crippen molar-refractivity contribution < 1.29 is 4.79 Å². The Morgan fingerprint density at radius 3 is 2.48 bits per heavy atom. The first-order chi connectivity index (χ1) is 16.1. The Morgan fingerprint density at radius 2 is 1.67 bits per heavy atom. The van der Waals surface area contributed by atoms with E-state index in [0.29, 0.717) is 4.88 Å². The standard InChI is InChI=1S/C27H22N4OS/c1-3-31-21-10-6-4-8-18(21)19-16-17(12-13-22(19)31)28-27(32)25-15-14-24(33-25)26-29-20-9-5-7-11-23(20)30(26)2/h4-16H,3H2,1-2H3,(H,28,32). The summed E-state index contributed by atoms with van der Waals surface area (Å²) in [5, 5.41) is 5.43. The van der Waals surface area contributed by atoms with Crippen LogP contribution in [0.15, 0.2) is 78.9 Å². The highest BCUT2D eigenvalue weighted by Crippen LogP contribution is 2.33. The number of benzene rings is 3. The molecule has 0 fully saturated rings. The Bertz CT molecular complexity index is 1670. The van der Waals surface area contributed by atoms with Gasteiger partial charge in [0.25, 0.3) is 5.91 Å². The van der Waals surface area contributed by atoms with Gasteiger partial charge in [-0.15, -0.1) is 11.3 Å². The Kier molecular flexibility index (Phi) is 4.55. The highest BCUT2D eigenvalue weighted by molar-refractivity contribution is 7.17. The number of aromatic nitrogens is 3. The number of nitrogens with zero attached hydrogens (tertiary/aromatic N) is 3. The van der Waals surface area contributed by atoms with Gasteiger partial charge in [-0.05, 0) is 55.5 Å². The first-order valence-electron chi connectivity index (χ1n) is 11.0. The molecule has 0 bridgehead atoms. The lowest BCUT2D eigenvalue weighted by molar-refractivity contribution is 0.103. The Hall–Kier alpha value is -3.90. The zero-order chi connectivity index (χ0) is 22.5. The Morgan fingerprint density at radius 1 is 0.909 bits per heavy atom. The number of thiophene rings is 1. The predicted molar refractivity (Wildman–Crippen MR) is 137 cm³/mol. The van der Waals surface area contributed by atoms with Gasteiger partial charge in [0.2, 0.25) is 0 Å². The number of amides is 1. The van der Waals surface area contributed by atoms with Crippen molar-refractivity contribution in [2.75, 3.05) is 5.32 Å². The number of nitrogens with one attached hydrogen (secondary N) is 1. The number of carbonyl (C=O) groups is 1. The van der Waals surface area contributed by atoms with Crippen LogP contribution in [0.3, 0.4) is 0 Å². The number of para-hydroxylation sites is 3. The van der Waals surface area contributed by atoms with Crippen LogP contribution in [0.2, 0.25) is 0 Å². The average molecular weight is 451 g/mol. The van der Waals surface area contributed by atoms with E-state index in [4.69, 9.17) is 4.98 Å². The van der Waals surface area contributed by atoms with Crippen LogP contribution >= 0.6 is 11.3 Å². The van der Waals surface area contributed by atoms with Crippen LogP contribution in [-0.2, 0) is 13.6 Å². The molecule has 0 aliphatic carbocycles. The van der Waals surface area contributed by atoms with Gasteiger partial charge in [0.05, 0.1) is 20.8 Å². The molecule has 5 nitrogen and oxygen atoms in total. The van der Waals surface area contributed by atoms with Gasteiger partial charge in [0, 0.05) is 41.1 Å². The lowest BCUT2D eigenvalue weighted by Gasteiger charge is -2.06. The third-order valence-electron chi connectivity index (χ3n) is 6.18. The molecule has 33 heavy (non-hydrogen) atoms. The molecule has 6 aromatic rings. The minimum Gasteiger partial charge on any atom is -0.341 e. The molecule has 0 aliphatic rings. The summed E-state index contributed by atoms with van der Waals surface area (Å²) in [6, 6.07) is 26.4. The summed E-state index contributed by atoms with van der Waals surface area (Å²) in [7, 11) is 2.01. The smallest absolute Gasteiger partial charge is 0.265 e. The maximum absolute atomic E-state index is 13.0. The number of hydrogen-bond acceptors (Lipinski definition) is 3. The summed E-state index contributed by atoms with van der Waals surface area (Å²) in [5.74, 6) is 0.762. The third-order valence-corrected chi connectivity index (χ3v) is 7.26. The van der Waals surface area contributed by atoms with E-state index in [0.717, 1.165) is 39.4 Å². The van der Waals surface area contributed by atoms with Gasteiger partial charge in [-0.1, -0.05) is 30.3 Å². The van der Waals surface area contributed by atoms with Crippen molar-refractivity contribution >= 4 is 55.8 Å². The monoisotopic (exact) mass is 450 g/mol. The van der Waals surface area contributed by atoms with Crippen LogP contribution in [0, 0.1) is 0 Å². The maximum Gasteiger partial charge on any atom is 0.265 e. The van der Waals surface area contributed by atoms with E-state index < -0.39 is 0 Å². The van der Waals surface area contributed by atoms with E-state index in [9.17, 15) is 4.79 Å². The number of fused-ring (bicyclic) bond motifs is 4. The van der Waals surface area contributed by atoms with Crippen molar-refractivity contribution in [2.45, 2.75) is 13.5 Å². The van der Waals surface area contributed by atoms with Gasteiger partial charge in [-0.25, -0.2) is 4.98 Å². The van der Waals surface area contributed by atoms with Crippen LogP contribution in [0.25, 0.3) is 43.5 Å². The van der Waals surface area contributed by atoms with E-state index >= 15 is 0 Å². The van der Waals surface area contributed by atoms with Crippen molar-refractivity contribution in [1.82, 2.24) is 14.1 Å². The number of imidazole rings is 1. The van der Waals surface area contributed by atoms with Gasteiger partial charge >= 0.3 is 0 Å². The molecule has 6 heteroatoms. The quantitative estimate of drug-likeness (QED) is 0.326. The van der Waals surface area contributed by atoms with Gasteiger partial charge in [0.1, 0.15) is 0 Å². The van der Waals surface area contributed by atoms with Crippen LogP contribution in [0.4, 0.5) is 5.69 Å². The fraction of sp³-hybridized carbons (Fsp3) is 0.111. The zero-order valence-corrected chi connectivity index (χ0v) is 19.2. The molecule has 162 valence electrons. The second-order valence-corrected chi connectivity index (χ2v) is 9.18. The zero-order valence-electron chi connectivity index (χ0n) is 18.4. The van der Waals surface area contributed by atoms with Crippen molar-refractivity contribution in [3.05, 3.63) is 83.7 Å². The molecule has 0 saturated carbocycles. The van der Waals surface area contributed by atoms with Crippen molar-refractivity contribution in [2.24, 2.45) is 7.05 Å². The molecule has 3 aromatic heterocycles. The molecule has 0 radical (unpaired) electrons. The highest BCUT2D eigenvalue weighted by Gasteiger charge is 2.16. The normalized spacial score (nSPS) is 11.6. The van der Waals surface area contributed by atoms with E-state index in [1.165, 1.54) is 27.8 Å². The number of rotatable bonds is 4. The Balaban J connectivity index is 1.32. The van der Waals surface area contributed by atoms with E-state index in [1.807, 2.05) is 43.4 Å². The minimum atomic E-state index is -0.108. The highest BCUT2D eigenvalue weighted by atomic mass is 32.1. The van der Waals surface area contributed by atoms with Gasteiger partial charge < -0.3 is 14.5 Å². The second kappa shape index (κ2) is 7.60. The molecule has 1 amide bonds. The number of hydrogen-bond donors (Lipinski definition) is 1. The summed E-state index contributed by atoms with van der Waals surface area (Å²) in [5.41, 5.74) is 5.21. The van der Waals surface area contributed by atoms with E-state index in [1.54, 1.807) is 0 Å². The summed E-state index contributed by atoms with van der Waals surface area (Å²) < 4.78 is 4.37. The number of carbonyl (C=O) groups excluding carboxylic acids is 1. The summed E-state index contributed by atoms with van der Waals surface area (Å²) in [4.78, 5) is 19.4. The molecular weight excluding hydrogens is 428 g/mol. The topological polar surface area (TPSA) is 51.9 Å². The SMILES string of the molecule is CCn1c2ccccc2c2cc(NC(=O)c3ccc(-c4nc5ccccc5n4C)s3)ccc21. The molecule has 3 aromatic carbocycles. The number of aryl methyl sites for hydroxylation is 2. The molecular formula is C27H22N4OS. The molecule has 0 saturated heterocycles. The molecule has 3 heterocycles. The van der Waals surface area contributed by atoms with Crippen LogP contribution < -0.4 is 5.32 Å². The molecule has 0 unspecified atom stereocenters. The molecule has 0 atom stereocenters. The predicted octanol–water partition coefficient (Wildman–Crippen LogP) is 6.68. The summed E-state index contributed by atoms with van der Waals surface area (Å²) >= 11 is 1.46. The molecule has 1 N–H and O–H groups in total. The van der Waals surface area contributed by atoms with Gasteiger partial charge in [-0.2, -0.15) is 0 Å². The summed E-state index contributed by atoms with van der Waals surface area (Å²) in [6.07, 6.45) is 0. The molecule has 0 aliphatic heterocycles. The van der Waals surface area contributed by atoms with Gasteiger partial charge in [-0.3, -0.25) is 4.79 Å². The average Bonchev–Trinajstić information content (AvgIpc) is 3.53. The van der Waals surface area contributed by atoms with E-state index in [2.05, 4.69) is 63.8 Å². The minimum absolute atomic E-state index is 0.108. The lowest BCUT2D eigenvalue weighted by Crippen LogP contribution is -2.09. The van der Waals surface area contributed by atoms with Gasteiger partial charge in [0.15, 0.2) is 5.82 Å². The van der Waals surface area contributed by atoms with Crippen molar-refractivity contribution in [3.63, 3.8) is 0 Å². The van der Waals surface area contributed by atoms with Crippen LogP contribution in [0.5, 0.6) is 0 Å². The fourth-order valence-electron chi connectivity index (χ4n) is 4.61. The number of anilines is 1. The Labute approximate surface area is 194 Å². The maximum atomic E-state index is 13.0. The first kappa shape index (κ1) is 19.8.